The average Bonchev–Trinajstić information content (AvgIpc) is 2.48. The van der Waals surface area contributed by atoms with Crippen LogP contribution in [0.15, 0.2) is 0 Å². The highest BCUT2D eigenvalue weighted by Crippen LogP contribution is 2.26. The van der Waals surface area contributed by atoms with Gasteiger partial charge in [-0.1, -0.05) is 6.42 Å². The molecule has 0 aliphatic carbocycles. The first kappa shape index (κ1) is 9.44. The molecule has 1 unspecified atom stereocenters. The Labute approximate surface area is 80.0 Å². The largest absolute Gasteiger partial charge is 0.346 e. The van der Waals surface area contributed by atoms with Crippen LogP contribution < -0.4 is 0 Å². The number of nitrogens with zero attached hydrogens (tertiary/aromatic N) is 1. The molecule has 0 amide bonds. The second-order valence-electron chi connectivity index (χ2n) is 4.38. The molecule has 0 aromatic carbocycles. The highest BCUT2D eigenvalue weighted by atomic mass is 16.8. The van der Waals surface area contributed by atoms with Crippen molar-refractivity contribution in [1.29, 1.82) is 0 Å². The van der Waals surface area contributed by atoms with Crippen LogP contribution >= 0.6 is 0 Å². The minimum atomic E-state index is -0.373. The van der Waals surface area contributed by atoms with E-state index in [9.17, 15) is 0 Å². The van der Waals surface area contributed by atoms with E-state index in [2.05, 4.69) is 4.90 Å². The van der Waals surface area contributed by atoms with Crippen LogP contribution in [0.5, 0.6) is 0 Å². The monoisotopic (exact) mass is 185 g/mol. The molecule has 0 N–H and O–H groups in total. The van der Waals surface area contributed by atoms with Gasteiger partial charge in [0.2, 0.25) is 0 Å². The van der Waals surface area contributed by atoms with Gasteiger partial charge in [-0.05, 0) is 26.7 Å². The van der Waals surface area contributed by atoms with E-state index in [1.54, 1.807) is 0 Å². The van der Waals surface area contributed by atoms with Crippen LogP contribution in [-0.4, -0.2) is 36.6 Å². The lowest BCUT2D eigenvalue weighted by Crippen LogP contribution is -2.41. The lowest BCUT2D eigenvalue weighted by molar-refractivity contribution is -0.161. The topological polar surface area (TPSA) is 21.7 Å². The summed E-state index contributed by atoms with van der Waals surface area (Å²) < 4.78 is 11.3. The van der Waals surface area contributed by atoms with Gasteiger partial charge >= 0.3 is 0 Å². The summed E-state index contributed by atoms with van der Waals surface area (Å²) in [5, 5.41) is 0. The van der Waals surface area contributed by atoms with Gasteiger partial charge in [-0.15, -0.1) is 0 Å². The van der Waals surface area contributed by atoms with E-state index < -0.39 is 0 Å². The van der Waals surface area contributed by atoms with E-state index in [1.165, 1.54) is 32.4 Å². The summed E-state index contributed by atoms with van der Waals surface area (Å²) in [5.41, 5.74) is 0. The van der Waals surface area contributed by atoms with Gasteiger partial charge in [-0.3, -0.25) is 4.90 Å². The van der Waals surface area contributed by atoms with Gasteiger partial charge in [-0.2, -0.15) is 0 Å². The highest BCUT2D eigenvalue weighted by molar-refractivity contribution is 4.74. The molecule has 2 heterocycles. The van der Waals surface area contributed by atoms with Gasteiger partial charge < -0.3 is 9.47 Å². The van der Waals surface area contributed by atoms with E-state index in [1.807, 2.05) is 13.8 Å². The summed E-state index contributed by atoms with van der Waals surface area (Å²) in [7, 11) is 0. The molecule has 0 aromatic rings. The van der Waals surface area contributed by atoms with Crippen LogP contribution in [0.2, 0.25) is 0 Å². The van der Waals surface area contributed by atoms with Crippen molar-refractivity contribution >= 4 is 0 Å². The van der Waals surface area contributed by atoms with Crippen molar-refractivity contribution in [3.05, 3.63) is 0 Å². The molecule has 1 atom stereocenters. The molecule has 0 radical (unpaired) electrons. The fraction of sp³-hybridized carbons (Fsp3) is 1.00. The van der Waals surface area contributed by atoms with Crippen LogP contribution in [0.25, 0.3) is 0 Å². The van der Waals surface area contributed by atoms with Gasteiger partial charge in [-0.25, -0.2) is 0 Å². The maximum atomic E-state index is 5.79. The van der Waals surface area contributed by atoms with Crippen molar-refractivity contribution in [2.24, 2.45) is 0 Å². The molecule has 0 spiro atoms. The molecule has 3 nitrogen and oxygen atoms in total. The Balaban J connectivity index is 1.87. The Bertz CT molecular complexity index is 176. The number of hydrogen-bond donors (Lipinski definition) is 0. The summed E-state index contributed by atoms with van der Waals surface area (Å²) in [6.45, 7) is 7.04. The molecular formula is C10H19NO2. The molecule has 3 heteroatoms. The van der Waals surface area contributed by atoms with E-state index >= 15 is 0 Å². The first-order valence-corrected chi connectivity index (χ1v) is 5.23. The van der Waals surface area contributed by atoms with Gasteiger partial charge in [0.1, 0.15) is 6.23 Å². The Kier molecular flexibility index (Phi) is 2.58. The maximum absolute atomic E-state index is 5.79. The third kappa shape index (κ3) is 2.22. The van der Waals surface area contributed by atoms with Gasteiger partial charge in [0, 0.05) is 13.1 Å². The van der Waals surface area contributed by atoms with Gasteiger partial charge in [0.05, 0.1) is 6.61 Å². The number of hydrogen-bond acceptors (Lipinski definition) is 3. The van der Waals surface area contributed by atoms with Crippen LogP contribution in [0.1, 0.15) is 33.1 Å². The van der Waals surface area contributed by atoms with Crippen molar-refractivity contribution in [3.63, 3.8) is 0 Å². The quantitative estimate of drug-likeness (QED) is 0.619. The van der Waals surface area contributed by atoms with Crippen molar-refractivity contribution in [3.8, 4) is 0 Å². The fourth-order valence-corrected chi connectivity index (χ4v) is 2.05. The molecular weight excluding hydrogens is 166 g/mol. The predicted molar refractivity (Wildman–Crippen MR) is 50.3 cm³/mol. The Morgan fingerprint density at radius 2 is 1.85 bits per heavy atom. The van der Waals surface area contributed by atoms with Crippen LogP contribution in [-0.2, 0) is 9.47 Å². The Hall–Kier alpha value is -0.120. The molecule has 2 aliphatic heterocycles. The zero-order chi connectivity index (χ0) is 9.31. The minimum Gasteiger partial charge on any atom is -0.346 e. The lowest BCUT2D eigenvalue weighted by atomic mass is 10.1. The molecule has 0 saturated carbocycles. The summed E-state index contributed by atoms with van der Waals surface area (Å²) in [6.07, 6.45) is 4.18. The summed E-state index contributed by atoms with van der Waals surface area (Å²) in [6, 6.07) is 0. The van der Waals surface area contributed by atoms with Crippen LogP contribution in [0.3, 0.4) is 0 Å². The molecule has 2 aliphatic rings. The van der Waals surface area contributed by atoms with Crippen LogP contribution in [0, 0.1) is 0 Å². The first-order chi connectivity index (χ1) is 6.17. The van der Waals surface area contributed by atoms with Crippen molar-refractivity contribution < 1.29 is 9.47 Å². The summed E-state index contributed by atoms with van der Waals surface area (Å²) >= 11 is 0. The predicted octanol–water partition coefficient (Wildman–Crippen LogP) is 1.58. The smallest absolute Gasteiger partial charge is 0.165 e. The normalized spacial score (nSPS) is 35.1. The molecule has 0 aromatic heterocycles. The summed E-state index contributed by atoms with van der Waals surface area (Å²) in [4.78, 5) is 2.40. The third-order valence-electron chi connectivity index (χ3n) is 2.79. The van der Waals surface area contributed by atoms with Crippen LogP contribution in [0.4, 0.5) is 0 Å². The number of rotatable bonds is 1. The Morgan fingerprint density at radius 1 is 1.15 bits per heavy atom. The number of likely N-dealkylation sites (tertiary alicyclic amines) is 1. The van der Waals surface area contributed by atoms with E-state index in [-0.39, 0.29) is 12.0 Å². The number of ether oxygens (including phenoxy) is 2. The van der Waals surface area contributed by atoms with Crippen molar-refractivity contribution in [1.82, 2.24) is 4.90 Å². The number of piperidine rings is 1. The summed E-state index contributed by atoms with van der Waals surface area (Å²) in [5.74, 6) is -0.373. The second kappa shape index (κ2) is 3.56. The van der Waals surface area contributed by atoms with Gasteiger partial charge in [0.25, 0.3) is 0 Å². The zero-order valence-corrected chi connectivity index (χ0v) is 8.58. The first-order valence-electron chi connectivity index (χ1n) is 5.23. The second-order valence-corrected chi connectivity index (χ2v) is 4.38. The van der Waals surface area contributed by atoms with Crippen molar-refractivity contribution in [2.75, 3.05) is 19.7 Å². The SMILES string of the molecule is CC1(C)OCC(N2CCCCC2)O1. The molecule has 76 valence electrons. The van der Waals surface area contributed by atoms with E-state index in [0.29, 0.717) is 0 Å². The molecule has 2 fully saturated rings. The van der Waals surface area contributed by atoms with E-state index in [0.717, 1.165) is 6.61 Å². The zero-order valence-electron chi connectivity index (χ0n) is 8.58. The third-order valence-corrected chi connectivity index (χ3v) is 2.79. The molecule has 13 heavy (non-hydrogen) atoms. The average molecular weight is 185 g/mol. The maximum Gasteiger partial charge on any atom is 0.165 e. The van der Waals surface area contributed by atoms with Crippen molar-refractivity contribution in [2.45, 2.75) is 45.1 Å². The van der Waals surface area contributed by atoms with E-state index in [4.69, 9.17) is 9.47 Å². The fourth-order valence-electron chi connectivity index (χ4n) is 2.05. The van der Waals surface area contributed by atoms with Gasteiger partial charge in [0.15, 0.2) is 5.79 Å². The molecule has 2 rings (SSSR count). The highest BCUT2D eigenvalue weighted by Gasteiger charge is 2.36. The molecule has 0 bridgehead atoms. The molecule has 2 saturated heterocycles. The Morgan fingerprint density at radius 3 is 2.38 bits per heavy atom. The lowest BCUT2D eigenvalue weighted by Gasteiger charge is -2.31. The minimum absolute atomic E-state index is 0.204. The standard InChI is InChI=1S/C10H19NO2/c1-10(2)12-8-9(13-10)11-6-4-3-5-7-11/h9H,3-8H2,1-2H3.